The number of hydrogen-bond acceptors (Lipinski definition) is 2. The van der Waals surface area contributed by atoms with Gasteiger partial charge in [0, 0.05) is 16.7 Å². The summed E-state index contributed by atoms with van der Waals surface area (Å²) in [6, 6.07) is 9.77. The molecule has 16 heavy (non-hydrogen) atoms. The first-order valence-electron chi connectivity index (χ1n) is 6.22. The normalized spacial score (nSPS) is 20.6. The van der Waals surface area contributed by atoms with Crippen LogP contribution in [0.5, 0.6) is 0 Å². The van der Waals surface area contributed by atoms with E-state index in [1.165, 1.54) is 35.6 Å². The number of thioether (sulfide) groups is 1. The summed E-state index contributed by atoms with van der Waals surface area (Å²) >= 11 is 1.98. The molecular weight excluding hydrogens is 214 g/mol. The fourth-order valence-electron chi connectivity index (χ4n) is 2.04. The van der Waals surface area contributed by atoms with Crippen molar-refractivity contribution >= 4 is 11.8 Å². The zero-order valence-electron chi connectivity index (χ0n) is 10.2. The van der Waals surface area contributed by atoms with Gasteiger partial charge >= 0.3 is 0 Å². The maximum absolute atomic E-state index is 3.54. The van der Waals surface area contributed by atoms with Gasteiger partial charge in [-0.2, -0.15) is 0 Å². The molecule has 2 heteroatoms. The van der Waals surface area contributed by atoms with Crippen LogP contribution >= 0.6 is 11.8 Å². The number of benzene rings is 1. The Labute approximate surface area is 103 Å². The van der Waals surface area contributed by atoms with Gasteiger partial charge in [0.15, 0.2) is 0 Å². The van der Waals surface area contributed by atoms with Crippen molar-refractivity contribution in [1.82, 2.24) is 5.32 Å². The topological polar surface area (TPSA) is 12.0 Å². The number of rotatable bonds is 4. The molecule has 0 bridgehead atoms. The summed E-state index contributed by atoms with van der Waals surface area (Å²) in [5.41, 5.74) is 1.43. The van der Waals surface area contributed by atoms with Crippen LogP contribution in [0.15, 0.2) is 29.2 Å². The molecule has 2 rings (SSSR count). The van der Waals surface area contributed by atoms with Gasteiger partial charge in [-0.25, -0.2) is 0 Å². The molecule has 1 saturated heterocycles. The zero-order valence-corrected chi connectivity index (χ0v) is 11.0. The minimum Gasteiger partial charge on any atom is -0.313 e. The van der Waals surface area contributed by atoms with Crippen molar-refractivity contribution in [1.29, 1.82) is 0 Å². The van der Waals surface area contributed by atoms with Crippen LogP contribution in [0.25, 0.3) is 0 Å². The summed E-state index contributed by atoms with van der Waals surface area (Å²) in [6.45, 7) is 5.69. The van der Waals surface area contributed by atoms with Gasteiger partial charge in [-0.1, -0.05) is 26.0 Å². The Morgan fingerprint density at radius 2 is 2.06 bits per heavy atom. The lowest BCUT2D eigenvalue weighted by molar-refractivity contribution is 0.674. The first kappa shape index (κ1) is 12.0. The maximum atomic E-state index is 3.54. The van der Waals surface area contributed by atoms with Crippen LogP contribution in [-0.2, 0) is 0 Å². The second-order valence-electron chi connectivity index (χ2n) is 4.83. The summed E-state index contributed by atoms with van der Waals surface area (Å²) in [6.07, 6.45) is 2.69. The lowest BCUT2D eigenvalue weighted by atomic mass is 10.0. The second kappa shape index (κ2) is 5.74. The predicted molar refractivity (Wildman–Crippen MR) is 72.3 cm³/mol. The Morgan fingerprint density at radius 1 is 1.31 bits per heavy atom. The van der Waals surface area contributed by atoms with Crippen LogP contribution in [0.4, 0.5) is 0 Å². The van der Waals surface area contributed by atoms with Gasteiger partial charge in [0.1, 0.15) is 0 Å². The fourth-order valence-corrected chi connectivity index (χ4v) is 3.05. The molecule has 0 aromatic heterocycles. The molecule has 0 unspecified atom stereocenters. The minimum absolute atomic E-state index is 0.635. The van der Waals surface area contributed by atoms with E-state index in [2.05, 4.69) is 43.4 Å². The van der Waals surface area contributed by atoms with E-state index in [-0.39, 0.29) is 0 Å². The minimum atomic E-state index is 0.635. The van der Waals surface area contributed by atoms with E-state index in [4.69, 9.17) is 0 Å². The lowest BCUT2D eigenvalue weighted by Gasteiger charge is -2.10. The van der Waals surface area contributed by atoms with Gasteiger partial charge in [0.05, 0.1) is 0 Å². The average Bonchev–Trinajstić information content (AvgIpc) is 2.80. The first-order valence-corrected chi connectivity index (χ1v) is 7.20. The van der Waals surface area contributed by atoms with E-state index >= 15 is 0 Å². The van der Waals surface area contributed by atoms with Crippen LogP contribution in [0.2, 0.25) is 0 Å². The highest BCUT2D eigenvalue weighted by molar-refractivity contribution is 7.99. The molecule has 0 spiro atoms. The molecule has 88 valence electrons. The third-order valence-corrected chi connectivity index (χ3v) is 4.33. The molecule has 1 aliphatic heterocycles. The SMILES string of the molecule is CC(C)c1ccc(SC[C@H]2CCCN2)cc1. The number of hydrogen-bond donors (Lipinski definition) is 1. The van der Waals surface area contributed by atoms with Crippen molar-refractivity contribution in [2.24, 2.45) is 0 Å². The van der Waals surface area contributed by atoms with Crippen molar-refractivity contribution < 1.29 is 0 Å². The average molecular weight is 235 g/mol. The Morgan fingerprint density at radius 3 is 2.62 bits per heavy atom. The van der Waals surface area contributed by atoms with E-state index < -0.39 is 0 Å². The quantitative estimate of drug-likeness (QED) is 0.799. The van der Waals surface area contributed by atoms with Gasteiger partial charge in [-0.15, -0.1) is 11.8 Å². The summed E-state index contributed by atoms with van der Waals surface area (Å²) in [5, 5.41) is 3.54. The molecule has 0 amide bonds. The highest BCUT2D eigenvalue weighted by Crippen LogP contribution is 2.23. The summed E-state index contributed by atoms with van der Waals surface area (Å²) in [4.78, 5) is 1.40. The molecule has 1 nitrogen and oxygen atoms in total. The van der Waals surface area contributed by atoms with Crippen molar-refractivity contribution in [3.05, 3.63) is 29.8 Å². The van der Waals surface area contributed by atoms with E-state index in [1.807, 2.05) is 11.8 Å². The molecule has 0 radical (unpaired) electrons. The maximum Gasteiger partial charge on any atom is 0.0162 e. The second-order valence-corrected chi connectivity index (χ2v) is 5.92. The van der Waals surface area contributed by atoms with Crippen molar-refractivity contribution in [2.75, 3.05) is 12.3 Å². The van der Waals surface area contributed by atoms with E-state index in [1.54, 1.807) is 0 Å². The summed E-state index contributed by atoms with van der Waals surface area (Å²) in [5.74, 6) is 1.84. The van der Waals surface area contributed by atoms with Crippen molar-refractivity contribution in [3.63, 3.8) is 0 Å². The largest absolute Gasteiger partial charge is 0.313 e. The molecule has 1 N–H and O–H groups in total. The molecule has 1 aromatic rings. The van der Waals surface area contributed by atoms with Crippen LogP contribution in [-0.4, -0.2) is 18.3 Å². The smallest absolute Gasteiger partial charge is 0.0162 e. The molecule has 1 heterocycles. The zero-order chi connectivity index (χ0) is 11.4. The van der Waals surface area contributed by atoms with E-state index in [0.717, 1.165) is 6.04 Å². The van der Waals surface area contributed by atoms with Crippen LogP contribution in [0, 0.1) is 0 Å². The van der Waals surface area contributed by atoms with Crippen molar-refractivity contribution in [2.45, 2.75) is 43.5 Å². The van der Waals surface area contributed by atoms with Crippen LogP contribution in [0.3, 0.4) is 0 Å². The summed E-state index contributed by atoms with van der Waals surface area (Å²) < 4.78 is 0. The van der Waals surface area contributed by atoms with Gasteiger partial charge in [-0.05, 0) is 43.0 Å². The Kier molecular flexibility index (Phi) is 4.30. The molecule has 1 fully saturated rings. The third-order valence-electron chi connectivity index (χ3n) is 3.16. The van der Waals surface area contributed by atoms with Crippen LogP contribution < -0.4 is 5.32 Å². The molecule has 1 atom stereocenters. The first-order chi connectivity index (χ1) is 7.75. The molecular formula is C14H21NS. The van der Waals surface area contributed by atoms with Gasteiger partial charge in [0.2, 0.25) is 0 Å². The fraction of sp³-hybridized carbons (Fsp3) is 0.571. The highest BCUT2D eigenvalue weighted by atomic mass is 32.2. The standard InChI is InChI=1S/C14H21NS/c1-11(2)12-5-7-14(8-6-12)16-10-13-4-3-9-15-13/h5-8,11,13,15H,3-4,9-10H2,1-2H3/t13-/m1/s1. The molecule has 1 aliphatic rings. The predicted octanol–water partition coefficient (Wildman–Crippen LogP) is 3.65. The van der Waals surface area contributed by atoms with Gasteiger partial charge < -0.3 is 5.32 Å². The Hall–Kier alpha value is -0.470. The summed E-state index contributed by atoms with van der Waals surface area (Å²) in [7, 11) is 0. The number of nitrogens with one attached hydrogen (secondary N) is 1. The van der Waals surface area contributed by atoms with Crippen LogP contribution in [0.1, 0.15) is 38.2 Å². The molecule has 1 aromatic carbocycles. The molecule has 0 aliphatic carbocycles. The van der Waals surface area contributed by atoms with Crippen molar-refractivity contribution in [3.8, 4) is 0 Å². The Bertz CT molecular complexity index is 312. The highest BCUT2D eigenvalue weighted by Gasteiger charge is 2.13. The molecule has 0 saturated carbocycles. The van der Waals surface area contributed by atoms with Gasteiger partial charge in [-0.3, -0.25) is 0 Å². The van der Waals surface area contributed by atoms with Gasteiger partial charge in [0.25, 0.3) is 0 Å². The third kappa shape index (κ3) is 3.26. The monoisotopic (exact) mass is 235 g/mol. The Balaban J connectivity index is 1.84. The van der Waals surface area contributed by atoms with E-state index in [9.17, 15) is 0 Å². The van der Waals surface area contributed by atoms with E-state index in [0.29, 0.717) is 5.92 Å². The lowest BCUT2D eigenvalue weighted by Crippen LogP contribution is -2.23.